The Bertz CT molecular complexity index is 724. The molecule has 0 N–H and O–H groups in total. The Labute approximate surface area is 121 Å². The molecule has 2 nitrogen and oxygen atoms in total. The van der Waals surface area contributed by atoms with E-state index in [1.54, 1.807) is 0 Å². The number of hydrogen-bond donors (Lipinski definition) is 0. The molecule has 0 spiro atoms. The third-order valence-corrected chi connectivity index (χ3v) is 5.61. The highest BCUT2D eigenvalue weighted by molar-refractivity contribution is 6.88. The van der Waals surface area contributed by atoms with Crippen molar-refractivity contribution >= 4 is 24.3 Å². The van der Waals surface area contributed by atoms with Crippen molar-refractivity contribution in [1.82, 2.24) is 9.55 Å². The second-order valence-corrected chi connectivity index (χ2v) is 11.3. The molecular weight excluding hydrogens is 260 g/mol. The van der Waals surface area contributed by atoms with Gasteiger partial charge in [-0.3, -0.25) is 4.98 Å². The van der Waals surface area contributed by atoms with Gasteiger partial charge in [-0.15, -0.1) is 0 Å². The second-order valence-electron chi connectivity index (χ2n) is 6.29. The molecule has 0 atom stereocenters. The van der Waals surface area contributed by atoms with Crippen LogP contribution in [0.15, 0.2) is 54.9 Å². The van der Waals surface area contributed by atoms with Gasteiger partial charge in [-0.05, 0) is 17.7 Å². The van der Waals surface area contributed by atoms with Crippen LogP contribution in [-0.2, 0) is 6.54 Å². The highest BCUT2D eigenvalue weighted by Gasteiger charge is 2.22. The Morgan fingerprint density at radius 3 is 2.50 bits per heavy atom. The molecule has 0 fully saturated rings. The summed E-state index contributed by atoms with van der Waals surface area (Å²) in [7, 11) is -1.38. The lowest BCUT2D eigenvalue weighted by atomic mass is 10.2. The van der Waals surface area contributed by atoms with Crippen LogP contribution in [0.1, 0.15) is 5.56 Å². The van der Waals surface area contributed by atoms with Crippen LogP contribution in [0.3, 0.4) is 0 Å². The number of hydrogen-bond acceptors (Lipinski definition) is 1. The van der Waals surface area contributed by atoms with Gasteiger partial charge in [0.25, 0.3) is 0 Å². The van der Waals surface area contributed by atoms with Gasteiger partial charge in [0.2, 0.25) is 0 Å². The van der Waals surface area contributed by atoms with E-state index in [0.717, 1.165) is 6.54 Å². The summed E-state index contributed by atoms with van der Waals surface area (Å²) in [6, 6.07) is 15.1. The van der Waals surface area contributed by atoms with Crippen LogP contribution in [0.4, 0.5) is 0 Å². The molecule has 20 heavy (non-hydrogen) atoms. The third-order valence-electron chi connectivity index (χ3n) is 3.66. The summed E-state index contributed by atoms with van der Waals surface area (Å²) in [5, 5.41) is 2.79. The van der Waals surface area contributed by atoms with Gasteiger partial charge in [-0.25, -0.2) is 0 Å². The van der Waals surface area contributed by atoms with Gasteiger partial charge in [0.05, 0.1) is 19.8 Å². The Kier molecular flexibility index (Phi) is 3.22. The predicted molar refractivity (Wildman–Crippen MR) is 88.3 cm³/mol. The molecule has 0 bridgehead atoms. The predicted octanol–water partition coefficient (Wildman–Crippen LogP) is 3.63. The molecule has 0 unspecified atom stereocenters. The minimum Gasteiger partial charge on any atom is -0.343 e. The van der Waals surface area contributed by atoms with Gasteiger partial charge < -0.3 is 4.57 Å². The first-order valence-electron chi connectivity index (χ1n) is 7.03. The summed E-state index contributed by atoms with van der Waals surface area (Å²) in [4.78, 5) is 4.31. The Balaban J connectivity index is 2.16. The largest absolute Gasteiger partial charge is 0.343 e. The van der Waals surface area contributed by atoms with Crippen LogP contribution in [0.2, 0.25) is 19.6 Å². The van der Waals surface area contributed by atoms with Gasteiger partial charge in [-0.2, -0.15) is 0 Å². The van der Waals surface area contributed by atoms with Crippen molar-refractivity contribution in [2.75, 3.05) is 0 Å². The molecule has 3 rings (SSSR count). The molecule has 0 aliphatic rings. The zero-order chi connectivity index (χ0) is 14.2. The summed E-state index contributed by atoms with van der Waals surface area (Å²) < 4.78 is 2.45. The van der Waals surface area contributed by atoms with Crippen LogP contribution >= 0.6 is 0 Å². The molecule has 0 radical (unpaired) electrons. The standard InChI is InChI=1S/C17H20N2Si/c1-20(2,3)17-11-15-9-10-18-12-16(15)19(17)13-14-7-5-4-6-8-14/h4-12H,13H2,1-3H3. The molecule has 102 valence electrons. The van der Waals surface area contributed by atoms with Crippen LogP contribution < -0.4 is 5.32 Å². The average Bonchev–Trinajstić information content (AvgIpc) is 2.79. The molecule has 0 aliphatic carbocycles. The number of rotatable bonds is 3. The summed E-state index contributed by atoms with van der Waals surface area (Å²) in [5.41, 5.74) is 2.59. The quantitative estimate of drug-likeness (QED) is 0.670. The first-order valence-corrected chi connectivity index (χ1v) is 10.5. The fourth-order valence-corrected chi connectivity index (χ4v) is 4.25. The fourth-order valence-electron chi connectivity index (χ4n) is 2.66. The molecule has 2 aromatic heterocycles. The van der Waals surface area contributed by atoms with Crippen molar-refractivity contribution in [3.8, 4) is 0 Å². The minimum absolute atomic E-state index is 0.926. The summed E-state index contributed by atoms with van der Waals surface area (Å²) >= 11 is 0. The minimum atomic E-state index is -1.38. The molecule has 2 heterocycles. The monoisotopic (exact) mass is 280 g/mol. The third kappa shape index (κ3) is 2.41. The zero-order valence-corrected chi connectivity index (χ0v) is 13.3. The van der Waals surface area contributed by atoms with Crippen molar-refractivity contribution in [3.63, 3.8) is 0 Å². The van der Waals surface area contributed by atoms with Gasteiger partial charge >= 0.3 is 0 Å². The molecule has 1 aromatic carbocycles. The van der Waals surface area contributed by atoms with E-state index in [-0.39, 0.29) is 0 Å². The van der Waals surface area contributed by atoms with E-state index < -0.39 is 8.07 Å². The van der Waals surface area contributed by atoms with Gasteiger partial charge in [0, 0.05) is 23.4 Å². The summed E-state index contributed by atoms with van der Waals surface area (Å²) in [5.74, 6) is 0. The average molecular weight is 280 g/mol. The van der Waals surface area contributed by atoms with Gasteiger partial charge in [0.15, 0.2) is 0 Å². The lowest BCUT2D eigenvalue weighted by molar-refractivity contribution is 0.854. The number of fused-ring (bicyclic) bond motifs is 1. The second kappa shape index (κ2) is 4.91. The molecule has 3 heteroatoms. The first-order chi connectivity index (χ1) is 9.55. The molecule has 0 amide bonds. The number of benzene rings is 1. The van der Waals surface area contributed by atoms with Crippen molar-refractivity contribution < 1.29 is 0 Å². The smallest absolute Gasteiger partial charge is 0.0985 e. The molecule has 0 aliphatic heterocycles. The van der Waals surface area contributed by atoms with E-state index in [0.29, 0.717) is 0 Å². The molecular formula is C17H20N2Si. The van der Waals surface area contributed by atoms with Crippen LogP contribution in [0, 0.1) is 0 Å². The van der Waals surface area contributed by atoms with E-state index in [2.05, 4.69) is 71.7 Å². The molecule has 0 saturated heterocycles. The van der Waals surface area contributed by atoms with Gasteiger partial charge in [-0.1, -0.05) is 50.0 Å². The molecule has 0 saturated carbocycles. The first kappa shape index (κ1) is 13.1. The van der Waals surface area contributed by atoms with E-state index in [4.69, 9.17) is 0 Å². The SMILES string of the molecule is C[Si](C)(C)c1cc2ccncc2n1Cc1ccccc1. The molecule has 3 aromatic rings. The van der Waals surface area contributed by atoms with Crippen molar-refractivity contribution in [2.24, 2.45) is 0 Å². The maximum atomic E-state index is 4.31. The number of aromatic nitrogens is 2. The maximum Gasteiger partial charge on any atom is 0.0985 e. The van der Waals surface area contributed by atoms with E-state index >= 15 is 0 Å². The topological polar surface area (TPSA) is 17.8 Å². The fraction of sp³-hybridized carbons (Fsp3) is 0.235. The lowest BCUT2D eigenvalue weighted by Crippen LogP contribution is -2.42. The highest BCUT2D eigenvalue weighted by Crippen LogP contribution is 2.18. The van der Waals surface area contributed by atoms with Crippen LogP contribution in [-0.4, -0.2) is 17.6 Å². The Morgan fingerprint density at radius 1 is 1.05 bits per heavy atom. The van der Waals surface area contributed by atoms with E-state index in [9.17, 15) is 0 Å². The normalized spacial score (nSPS) is 11.9. The Morgan fingerprint density at radius 2 is 1.80 bits per heavy atom. The van der Waals surface area contributed by atoms with Crippen LogP contribution in [0.5, 0.6) is 0 Å². The number of pyridine rings is 1. The van der Waals surface area contributed by atoms with E-state index in [1.165, 1.54) is 21.8 Å². The summed E-state index contributed by atoms with van der Waals surface area (Å²) in [6.45, 7) is 8.12. The van der Waals surface area contributed by atoms with Crippen molar-refractivity contribution in [1.29, 1.82) is 0 Å². The zero-order valence-electron chi connectivity index (χ0n) is 12.3. The highest BCUT2D eigenvalue weighted by atomic mass is 28.3. The van der Waals surface area contributed by atoms with Crippen molar-refractivity contribution in [3.05, 3.63) is 60.4 Å². The Hall–Kier alpha value is -1.87. The van der Waals surface area contributed by atoms with Crippen molar-refractivity contribution in [2.45, 2.75) is 26.2 Å². The van der Waals surface area contributed by atoms with Crippen LogP contribution in [0.25, 0.3) is 10.9 Å². The van der Waals surface area contributed by atoms with E-state index in [1.807, 2.05) is 12.4 Å². The number of nitrogens with zero attached hydrogens (tertiary/aromatic N) is 2. The summed E-state index contributed by atoms with van der Waals surface area (Å²) in [6.07, 6.45) is 3.87. The lowest BCUT2D eigenvalue weighted by Gasteiger charge is -2.20. The maximum absolute atomic E-state index is 4.31. The van der Waals surface area contributed by atoms with Gasteiger partial charge in [0.1, 0.15) is 0 Å².